The highest BCUT2D eigenvalue weighted by Crippen LogP contribution is 2.36. The molecule has 0 saturated heterocycles. The largest absolute Gasteiger partial charge is 0.493 e. The summed E-state index contributed by atoms with van der Waals surface area (Å²) in [5, 5.41) is 6.00. The number of hydrogen-bond donors (Lipinski definition) is 1. The van der Waals surface area contributed by atoms with Crippen molar-refractivity contribution in [3.8, 4) is 22.1 Å². The number of nitrogens with zero attached hydrogens (tertiary/aromatic N) is 1. The normalized spacial score (nSPS) is 10.4. The molecule has 0 aliphatic heterocycles. The van der Waals surface area contributed by atoms with E-state index in [1.54, 1.807) is 29.7 Å². The van der Waals surface area contributed by atoms with Crippen molar-refractivity contribution in [2.75, 3.05) is 19.5 Å². The van der Waals surface area contributed by atoms with Crippen LogP contribution >= 0.6 is 22.9 Å². The van der Waals surface area contributed by atoms with Crippen LogP contribution in [-0.4, -0.2) is 25.1 Å². The van der Waals surface area contributed by atoms with E-state index >= 15 is 0 Å². The average molecular weight is 375 g/mol. The number of benzene rings is 2. The first kappa shape index (κ1) is 17.3. The summed E-state index contributed by atoms with van der Waals surface area (Å²) in [7, 11) is 2.99. The van der Waals surface area contributed by atoms with Crippen LogP contribution in [0.4, 0.5) is 5.69 Å². The van der Waals surface area contributed by atoms with Crippen molar-refractivity contribution >= 4 is 34.5 Å². The molecule has 1 aromatic heterocycles. The van der Waals surface area contributed by atoms with E-state index in [0.29, 0.717) is 27.8 Å². The van der Waals surface area contributed by atoms with Gasteiger partial charge < -0.3 is 14.8 Å². The van der Waals surface area contributed by atoms with E-state index in [2.05, 4.69) is 10.3 Å². The molecule has 0 atom stereocenters. The molecule has 7 heteroatoms. The van der Waals surface area contributed by atoms with Crippen LogP contribution in [-0.2, 0) is 0 Å². The van der Waals surface area contributed by atoms with E-state index < -0.39 is 0 Å². The Hall–Kier alpha value is -2.57. The summed E-state index contributed by atoms with van der Waals surface area (Å²) < 4.78 is 10.4. The standard InChI is InChI=1S/C18H15ClN2O3S/c1-23-15-10-12(9-14(19)16(15)24-2)17(22)21-13-5-3-11(4-6-13)18-20-7-8-25-18/h3-10H,1-2H3,(H,21,22). The molecule has 25 heavy (non-hydrogen) atoms. The molecule has 0 aliphatic rings. The van der Waals surface area contributed by atoms with E-state index in [1.807, 2.05) is 29.6 Å². The minimum Gasteiger partial charge on any atom is -0.493 e. The lowest BCUT2D eigenvalue weighted by atomic mass is 10.1. The van der Waals surface area contributed by atoms with Crippen molar-refractivity contribution in [3.05, 3.63) is 58.6 Å². The molecule has 3 aromatic rings. The lowest BCUT2D eigenvalue weighted by Gasteiger charge is -2.12. The number of halogens is 1. The lowest BCUT2D eigenvalue weighted by molar-refractivity contribution is 0.102. The Morgan fingerprint density at radius 3 is 2.52 bits per heavy atom. The second kappa shape index (κ2) is 7.55. The Morgan fingerprint density at radius 1 is 1.16 bits per heavy atom. The molecule has 0 unspecified atom stereocenters. The van der Waals surface area contributed by atoms with Crippen molar-refractivity contribution in [3.63, 3.8) is 0 Å². The molecule has 128 valence electrons. The van der Waals surface area contributed by atoms with E-state index in [1.165, 1.54) is 14.2 Å². The number of carbonyl (C=O) groups excluding carboxylic acids is 1. The molecule has 0 fully saturated rings. The van der Waals surface area contributed by atoms with Gasteiger partial charge in [0, 0.05) is 28.4 Å². The molecular weight excluding hydrogens is 360 g/mol. The van der Waals surface area contributed by atoms with Gasteiger partial charge in [0.2, 0.25) is 0 Å². The number of rotatable bonds is 5. The average Bonchev–Trinajstić information content (AvgIpc) is 3.16. The SMILES string of the molecule is COc1cc(C(=O)Nc2ccc(-c3nccs3)cc2)cc(Cl)c1OC. The van der Waals surface area contributed by atoms with Gasteiger partial charge in [-0.1, -0.05) is 11.6 Å². The minimum atomic E-state index is -0.287. The summed E-state index contributed by atoms with van der Waals surface area (Å²) >= 11 is 7.71. The highest BCUT2D eigenvalue weighted by molar-refractivity contribution is 7.13. The molecule has 0 spiro atoms. The van der Waals surface area contributed by atoms with Crippen LogP contribution in [0.5, 0.6) is 11.5 Å². The number of nitrogens with one attached hydrogen (secondary N) is 1. The van der Waals surface area contributed by atoms with Gasteiger partial charge >= 0.3 is 0 Å². The maximum Gasteiger partial charge on any atom is 0.255 e. The summed E-state index contributed by atoms with van der Waals surface area (Å²) in [4.78, 5) is 16.7. The summed E-state index contributed by atoms with van der Waals surface area (Å²) in [5.41, 5.74) is 2.06. The third kappa shape index (κ3) is 3.75. The predicted molar refractivity (Wildman–Crippen MR) is 100 cm³/mol. The van der Waals surface area contributed by atoms with Crippen molar-refractivity contribution in [1.29, 1.82) is 0 Å². The maximum absolute atomic E-state index is 12.5. The van der Waals surface area contributed by atoms with Crippen LogP contribution in [0.25, 0.3) is 10.6 Å². The fourth-order valence-electron chi connectivity index (χ4n) is 2.31. The quantitative estimate of drug-likeness (QED) is 0.701. The zero-order chi connectivity index (χ0) is 17.8. The van der Waals surface area contributed by atoms with Crippen LogP contribution in [0, 0.1) is 0 Å². The molecule has 0 bridgehead atoms. The Bertz CT molecular complexity index is 880. The van der Waals surface area contributed by atoms with Crippen molar-refractivity contribution in [2.45, 2.75) is 0 Å². The molecule has 1 heterocycles. The summed E-state index contributed by atoms with van der Waals surface area (Å²) in [5.74, 6) is 0.512. The number of anilines is 1. The Kier molecular flexibility index (Phi) is 5.21. The highest BCUT2D eigenvalue weighted by Gasteiger charge is 2.15. The Labute approximate surface area is 154 Å². The van der Waals surface area contributed by atoms with Gasteiger partial charge in [0.1, 0.15) is 5.01 Å². The molecule has 5 nitrogen and oxygen atoms in total. The first-order valence-electron chi connectivity index (χ1n) is 7.35. The number of carbonyl (C=O) groups is 1. The number of aromatic nitrogens is 1. The molecule has 0 aliphatic carbocycles. The van der Waals surface area contributed by atoms with Crippen molar-refractivity contribution in [2.24, 2.45) is 0 Å². The second-order valence-electron chi connectivity index (χ2n) is 5.06. The smallest absolute Gasteiger partial charge is 0.255 e. The van der Waals surface area contributed by atoms with Crippen molar-refractivity contribution in [1.82, 2.24) is 4.98 Å². The van der Waals surface area contributed by atoms with E-state index in [-0.39, 0.29) is 5.91 Å². The van der Waals surface area contributed by atoms with E-state index in [4.69, 9.17) is 21.1 Å². The topological polar surface area (TPSA) is 60.5 Å². The van der Waals surface area contributed by atoms with Crippen LogP contribution in [0.2, 0.25) is 5.02 Å². The summed E-state index contributed by atoms with van der Waals surface area (Å²) in [6, 6.07) is 10.6. The number of methoxy groups -OCH3 is 2. The third-order valence-corrected chi connectivity index (χ3v) is 4.62. The second-order valence-corrected chi connectivity index (χ2v) is 6.36. The molecule has 0 radical (unpaired) electrons. The summed E-state index contributed by atoms with van der Waals surface area (Å²) in [6.45, 7) is 0. The van der Waals surface area contributed by atoms with Gasteiger partial charge in [-0.3, -0.25) is 4.79 Å². The van der Waals surface area contributed by atoms with Crippen LogP contribution in [0.1, 0.15) is 10.4 Å². The van der Waals surface area contributed by atoms with Crippen LogP contribution in [0.15, 0.2) is 48.0 Å². The molecule has 0 saturated carbocycles. The maximum atomic E-state index is 12.5. The minimum absolute atomic E-state index is 0.287. The van der Waals surface area contributed by atoms with Crippen LogP contribution in [0.3, 0.4) is 0 Å². The summed E-state index contributed by atoms with van der Waals surface area (Å²) in [6.07, 6.45) is 1.76. The van der Waals surface area contributed by atoms with Gasteiger partial charge in [0.25, 0.3) is 5.91 Å². The number of thiazole rings is 1. The van der Waals surface area contributed by atoms with E-state index in [0.717, 1.165) is 10.6 Å². The predicted octanol–water partition coefficient (Wildman–Crippen LogP) is 4.73. The fourth-order valence-corrected chi connectivity index (χ4v) is 3.25. The first-order valence-corrected chi connectivity index (χ1v) is 8.61. The Morgan fingerprint density at radius 2 is 1.92 bits per heavy atom. The molecule has 2 aromatic carbocycles. The van der Waals surface area contributed by atoms with Gasteiger partial charge in [-0.25, -0.2) is 4.98 Å². The number of ether oxygens (including phenoxy) is 2. The molecular formula is C18H15ClN2O3S. The third-order valence-electron chi connectivity index (χ3n) is 3.52. The van der Waals surface area contributed by atoms with Crippen molar-refractivity contribution < 1.29 is 14.3 Å². The first-order chi connectivity index (χ1) is 12.1. The van der Waals surface area contributed by atoms with Gasteiger partial charge in [-0.15, -0.1) is 11.3 Å². The highest BCUT2D eigenvalue weighted by atomic mass is 35.5. The van der Waals surface area contributed by atoms with Gasteiger partial charge in [0.15, 0.2) is 11.5 Å². The van der Waals surface area contributed by atoms with Gasteiger partial charge in [-0.05, 0) is 36.4 Å². The zero-order valence-electron chi connectivity index (χ0n) is 13.6. The van der Waals surface area contributed by atoms with Gasteiger partial charge in [-0.2, -0.15) is 0 Å². The van der Waals surface area contributed by atoms with Gasteiger partial charge in [0.05, 0.1) is 19.2 Å². The van der Waals surface area contributed by atoms with Crippen LogP contribution < -0.4 is 14.8 Å². The monoisotopic (exact) mass is 374 g/mol. The molecule has 1 amide bonds. The number of amides is 1. The fraction of sp³-hybridized carbons (Fsp3) is 0.111. The zero-order valence-corrected chi connectivity index (χ0v) is 15.1. The molecule has 3 rings (SSSR count). The Balaban J connectivity index is 1.79. The van der Waals surface area contributed by atoms with E-state index in [9.17, 15) is 4.79 Å². The molecule has 1 N–H and O–H groups in total. The number of hydrogen-bond acceptors (Lipinski definition) is 5. The lowest BCUT2D eigenvalue weighted by Crippen LogP contribution is -2.12.